The molecule has 0 spiro atoms. The normalized spacial score (nSPS) is 13.5. The first kappa shape index (κ1) is 17.3. The van der Waals surface area contributed by atoms with Crippen LogP contribution >= 0.6 is 34.0 Å². The summed E-state index contributed by atoms with van der Waals surface area (Å²) >= 11 is 4.36. The minimum atomic E-state index is -0.152. The van der Waals surface area contributed by atoms with Crippen LogP contribution in [0.5, 0.6) is 0 Å². The van der Waals surface area contributed by atoms with Gasteiger partial charge in [-0.05, 0) is 25.3 Å². The topological polar surface area (TPSA) is 75.2 Å². The predicted octanol–water partition coefficient (Wildman–Crippen LogP) is 3.73. The first-order valence-electron chi connectivity index (χ1n) is 8.06. The van der Waals surface area contributed by atoms with E-state index in [0.29, 0.717) is 35.1 Å². The van der Waals surface area contributed by atoms with E-state index in [1.54, 1.807) is 6.07 Å². The molecule has 2 amide bonds. The molecule has 3 aromatic heterocycles. The Morgan fingerprint density at radius 1 is 1.23 bits per heavy atom. The van der Waals surface area contributed by atoms with Gasteiger partial charge in [-0.1, -0.05) is 11.3 Å². The average Bonchev–Trinajstić information content (AvgIpc) is 3.32. The summed E-state index contributed by atoms with van der Waals surface area (Å²) in [4.78, 5) is 37.4. The molecule has 4 rings (SSSR count). The largest absolute Gasteiger partial charge is 0.332 e. The van der Waals surface area contributed by atoms with E-state index in [2.05, 4.69) is 15.3 Å². The van der Waals surface area contributed by atoms with Crippen molar-refractivity contribution in [2.75, 3.05) is 11.9 Å². The maximum Gasteiger partial charge on any atom is 0.266 e. The van der Waals surface area contributed by atoms with Gasteiger partial charge in [0, 0.05) is 23.2 Å². The Balaban J connectivity index is 1.49. The third-order valence-corrected chi connectivity index (χ3v) is 6.86. The molecule has 0 saturated carbocycles. The lowest BCUT2D eigenvalue weighted by Gasteiger charge is -2.25. The summed E-state index contributed by atoms with van der Waals surface area (Å²) in [7, 11) is 0. The van der Waals surface area contributed by atoms with Crippen LogP contribution in [0.4, 0.5) is 5.13 Å². The van der Waals surface area contributed by atoms with Crippen LogP contribution in [0.25, 0.3) is 0 Å². The Hall–Kier alpha value is -2.10. The van der Waals surface area contributed by atoms with Crippen LogP contribution in [0.3, 0.4) is 0 Å². The second-order valence-electron chi connectivity index (χ2n) is 5.98. The number of hydrogen-bond acceptors (Lipinski definition) is 7. The van der Waals surface area contributed by atoms with Crippen molar-refractivity contribution in [1.29, 1.82) is 0 Å². The van der Waals surface area contributed by atoms with Crippen molar-refractivity contribution in [2.45, 2.75) is 26.8 Å². The fraction of sp³-hybridized carbons (Fsp3) is 0.294. The fourth-order valence-corrected chi connectivity index (χ4v) is 5.40. The summed E-state index contributed by atoms with van der Waals surface area (Å²) in [5, 5.41) is 8.02. The molecule has 1 N–H and O–H groups in total. The van der Waals surface area contributed by atoms with Gasteiger partial charge < -0.3 is 4.90 Å². The highest BCUT2D eigenvalue weighted by Crippen LogP contribution is 2.30. The van der Waals surface area contributed by atoms with Crippen molar-refractivity contribution in [2.24, 2.45) is 0 Å². The van der Waals surface area contributed by atoms with Gasteiger partial charge in [-0.15, -0.1) is 11.3 Å². The van der Waals surface area contributed by atoms with Gasteiger partial charge >= 0.3 is 0 Å². The highest BCUT2D eigenvalue weighted by atomic mass is 32.1. The molecular weight excluding hydrogens is 388 g/mol. The number of anilines is 1. The molecule has 9 heteroatoms. The Kier molecular flexibility index (Phi) is 4.60. The Morgan fingerprint density at radius 3 is 2.77 bits per heavy atom. The molecule has 4 heterocycles. The van der Waals surface area contributed by atoms with Gasteiger partial charge in [0.15, 0.2) is 5.13 Å². The van der Waals surface area contributed by atoms with E-state index in [1.807, 2.05) is 29.5 Å². The third kappa shape index (κ3) is 3.29. The summed E-state index contributed by atoms with van der Waals surface area (Å²) < 4.78 is 0. The van der Waals surface area contributed by atoms with Crippen molar-refractivity contribution in [3.63, 3.8) is 0 Å². The molecule has 0 radical (unpaired) electrons. The summed E-state index contributed by atoms with van der Waals surface area (Å²) in [6, 6.07) is 1.79. The quantitative estimate of drug-likeness (QED) is 0.722. The van der Waals surface area contributed by atoms with E-state index in [0.717, 1.165) is 21.3 Å². The van der Waals surface area contributed by atoms with Crippen LogP contribution in [0, 0.1) is 13.8 Å². The van der Waals surface area contributed by atoms with Crippen LogP contribution in [0.1, 0.15) is 41.3 Å². The monoisotopic (exact) mass is 404 g/mol. The fourth-order valence-electron chi connectivity index (χ4n) is 2.86. The van der Waals surface area contributed by atoms with Crippen LogP contribution in [-0.4, -0.2) is 33.2 Å². The molecule has 0 unspecified atom stereocenters. The minimum Gasteiger partial charge on any atom is -0.332 e. The molecule has 0 atom stereocenters. The Morgan fingerprint density at radius 2 is 2.08 bits per heavy atom. The van der Waals surface area contributed by atoms with Gasteiger partial charge in [0.2, 0.25) is 0 Å². The van der Waals surface area contributed by atoms with Crippen LogP contribution in [0.2, 0.25) is 0 Å². The molecule has 1 aliphatic heterocycles. The number of aromatic nitrogens is 2. The molecule has 134 valence electrons. The molecule has 0 aromatic carbocycles. The molecule has 26 heavy (non-hydrogen) atoms. The second kappa shape index (κ2) is 6.90. The number of thiophene rings is 1. The lowest BCUT2D eigenvalue weighted by molar-refractivity contribution is 0.0740. The first-order chi connectivity index (χ1) is 12.5. The van der Waals surface area contributed by atoms with Gasteiger partial charge in [-0.25, -0.2) is 9.97 Å². The number of nitrogens with one attached hydrogen (secondary N) is 1. The Labute approximate surface area is 162 Å². The lowest BCUT2D eigenvalue weighted by atomic mass is 10.1. The van der Waals surface area contributed by atoms with Gasteiger partial charge in [0.1, 0.15) is 4.88 Å². The number of aryl methyl sites for hydroxylation is 2. The van der Waals surface area contributed by atoms with E-state index in [9.17, 15) is 9.59 Å². The number of fused-ring (bicyclic) bond motifs is 1. The predicted molar refractivity (Wildman–Crippen MR) is 104 cm³/mol. The molecular formula is C17H16N4O2S3. The maximum absolute atomic E-state index is 12.8. The van der Waals surface area contributed by atoms with Gasteiger partial charge in [-0.2, -0.15) is 11.3 Å². The summed E-state index contributed by atoms with van der Waals surface area (Å²) in [5.41, 5.74) is 2.39. The zero-order valence-electron chi connectivity index (χ0n) is 14.2. The van der Waals surface area contributed by atoms with E-state index in [4.69, 9.17) is 0 Å². The average molecular weight is 405 g/mol. The van der Waals surface area contributed by atoms with Gasteiger partial charge in [0.25, 0.3) is 11.8 Å². The van der Waals surface area contributed by atoms with Crippen molar-refractivity contribution in [3.05, 3.63) is 48.5 Å². The smallest absolute Gasteiger partial charge is 0.266 e. The summed E-state index contributed by atoms with van der Waals surface area (Å²) in [6.45, 7) is 4.94. The molecule has 6 nitrogen and oxygen atoms in total. The lowest BCUT2D eigenvalue weighted by Crippen LogP contribution is -2.35. The van der Waals surface area contributed by atoms with Gasteiger partial charge in [-0.3, -0.25) is 14.9 Å². The van der Waals surface area contributed by atoms with E-state index >= 15 is 0 Å². The number of carbonyl (C=O) groups is 2. The number of hydrogen-bond donors (Lipinski definition) is 1. The van der Waals surface area contributed by atoms with Crippen LogP contribution in [0.15, 0.2) is 16.8 Å². The molecule has 0 bridgehead atoms. The maximum atomic E-state index is 12.8. The van der Waals surface area contributed by atoms with Crippen LogP contribution in [-0.2, 0) is 13.0 Å². The van der Waals surface area contributed by atoms with E-state index in [1.165, 1.54) is 34.0 Å². The molecule has 0 aliphatic carbocycles. The molecule has 0 saturated heterocycles. The van der Waals surface area contributed by atoms with E-state index < -0.39 is 0 Å². The molecule has 1 aliphatic rings. The van der Waals surface area contributed by atoms with Crippen molar-refractivity contribution < 1.29 is 9.59 Å². The van der Waals surface area contributed by atoms with Gasteiger partial charge in [0.05, 0.1) is 28.5 Å². The van der Waals surface area contributed by atoms with Crippen molar-refractivity contribution in [3.8, 4) is 0 Å². The summed E-state index contributed by atoms with van der Waals surface area (Å²) in [6.07, 6.45) is 0.697. The molecule has 3 aromatic rings. The highest BCUT2D eigenvalue weighted by Gasteiger charge is 2.27. The van der Waals surface area contributed by atoms with Crippen LogP contribution < -0.4 is 5.32 Å². The standard InChI is InChI=1S/C17H16N4O2S3/c1-9-14(25-10(2)18-9)16(23)21-5-3-12-13(7-21)26-17(19-12)20-15(22)11-4-6-24-8-11/h4,6,8H,3,5,7H2,1-2H3,(H,19,20,22). The second-order valence-corrected chi connectivity index (χ2v) is 9.05. The summed E-state index contributed by atoms with van der Waals surface area (Å²) in [5.74, 6) is -0.128. The van der Waals surface area contributed by atoms with Crippen molar-refractivity contribution >= 4 is 51.0 Å². The zero-order valence-corrected chi connectivity index (χ0v) is 16.7. The number of carbonyl (C=O) groups excluding carboxylic acids is 2. The number of thiazole rings is 2. The first-order valence-corrected chi connectivity index (χ1v) is 10.6. The highest BCUT2D eigenvalue weighted by molar-refractivity contribution is 7.16. The van der Waals surface area contributed by atoms with Crippen molar-refractivity contribution in [1.82, 2.24) is 14.9 Å². The minimum absolute atomic E-state index is 0.0241. The Bertz CT molecular complexity index is 974. The zero-order chi connectivity index (χ0) is 18.3. The van der Waals surface area contributed by atoms with E-state index in [-0.39, 0.29) is 11.8 Å². The SMILES string of the molecule is Cc1nc(C)c(C(=O)N2CCc3nc(NC(=O)c4ccsc4)sc3C2)s1. The molecule has 0 fully saturated rings. The number of rotatable bonds is 3. The number of nitrogens with zero attached hydrogens (tertiary/aromatic N) is 3. The number of amides is 2. The third-order valence-electron chi connectivity index (χ3n) is 4.12.